The molecular weight excluding hydrogens is 210 g/mol. The van der Waals surface area contributed by atoms with Crippen LogP contribution in [0.2, 0.25) is 0 Å². The number of ether oxygens (including phenoxy) is 1. The summed E-state index contributed by atoms with van der Waals surface area (Å²) in [5.74, 6) is 0.787. The Balaban J connectivity index is 1.84. The summed E-state index contributed by atoms with van der Waals surface area (Å²) in [6, 6.07) is 9.07. The Morgan fingerprint density at radius 1 is 1.29 bits per heavy atom. The molecule has 0 saturated carbocycles. The summed E-state index contributed by atoms with van der Waals surface area (Å²) < 4.78 is 5.38. The summed E-state index contributed by atoms with van der Waals surface area (Å²) in [7, 11) is 0. The lowest BCUT2D eigenvalue weighted by atomic mass is 9.98. The standard InChI is InChI=1S/C15H23NO/c1-12-5-3-4-6-15(12)13(2)16-11-14-7-9-17-10-8-14/h3-6,13-14,16H,7-11H2,1-2H3/t13-/m0/s1. The van der Waals surface area contributed by atoms with Gasteiger partial charge in [-0.3, -0.25) is 0 Å². The van der Waals surface area contributed by atoms with Gasteiger partial charge in [-0.1, -0.05) is 24.3 Å². The third kappa shape index (κ3) is 3.55. The number of hydrogen-bond acceptors (Lipinski definition) is 2. The van der Waals surface area contributed by atoms with E-state index in [0.717, 1.165) is 25.7 Å². The largest absolute Gasteiger partial charge is 0.381 e. The highest BCUT2D eigenvalue weighted by Gasteiger charge is 2.15. The molecule has 94 valence electrons. The van der Waals surface area contributed by atoms with Crippen LogP contribution < -0.4 is 5.32 Å². The van der Waals surface area contributed by atoms with Gasteiger partial charge in [-0.15, -0.1) is 0 Å². The smallest absolute Gasteiger partial charge is 0.0469 e. The van der Waals surface area contributed by atoms with Gasteiger partial charge >= 0.3 is 0 Å². The molecule has 0 unspecified atom stereocenters. The molecule has 1 heterocycles. The van der Waals surface area contributed by atoms with E-state index in [1.165, 1.54) is 24.0 Å². The van der Waals surface area contributed by atoms with Gasteiger partial charge in [-0.05, 0) is 50.3 Å². The first-order valence-corrected chi connectivity index (χ1v) is 6.64. The SMILES string of the molecule is Cc1ccccc1[C@H](C)NCC1CCOCC1. The molecule has 0 aromatic heterocycles. The van der Waals surface area contributed by atoms with E-state index in [0.29, 0.717) is 6.04 Å². The fraction of sp³-hybridized carbons (Fsp3) is 0.600. The number of hydrogen-bond donors (Lipinski definition) is 1. The van der Waals surface area contributed by atoms with E-state index in [9.17, 15) is 0 Å². The Kier molecular flexibility index (Phi) is 4.57. The first-order chi connectivity index (χ1) is 8.27. The third-order valence-electron chi connectivity index (χ3n) is 3.71. The summed E-state index contributed by atoms with van der Waals surface area (Å²) in [5, 5.41) is 3.65. The maximum atomic E-state index is 5.38. The second-order valence-corrected chi connectivity index (χ2v) is 5.04. The lowest BCUT2D eigenvalue weighted by molar-refractivity contribution is 0.0656. The van der Waals surface area contributed by atoms with Crippen molar-refractivity contribution in [2.24, 2.45) is 5.92 Å². The second-order valence-electron chi connectivity index (χ2n) is 5.04. The quantitative estimate of drug-likeness (QED) is 0.863. The molecule has 2 nitrogen and oxygen atoms in total. The van der Waals surface area contributed by atoms with Gasteiger partial charge in [-0.25, -0.2) is 0 Å². The normalized spacial score (nSPS) is 19.2. The Hall–Kier alpha value is -0.860. The summed E-state index contributed by atoms with van der Waals surface area (Å²) in [6.45, 7) is 7.42. The van der Waals surface area contributed by atoms with E-state index in [2.05, 4.69) is 43.4 Å². The first-order valence-electron chi connectivity index (χ1n) is 6.64. The highest BCUT2D eigenvalue weighted by Crippen LogP contribution is 2.19. The average Bonchev–Trinajstić information content (AvgIpc) is 2.38. The summed E-state index contributed by atoms with van der Waals surface area (Å²) in [5.41, 5.74) is 2.79. The van der Waals surface area contributed by atoms with Crippen molar-refractivity contribution in [1.82, 2.24) is 5.32 Å². The van der Waals surface area contributed by atoms with Crippen LogP contribution in [-0.2, 0) is 4.74 Å². The second kappa shape index (κ2) is 6.18. The van der Waals surface area contributed by atoms with E-state index in [4.69, 9.17) is 4.74 Å². The Morgan fingerprint density at radius 3 is 2.71 bits per heavy atom. The van der Waals surface area contributed by atoms with Crippen LogP contribution in [0.15, 0.2) is 24.3 Å². The molecule has 1 saturated heterocycles. The molecule has 0 radical (unpaired) electrons. The lowest BCUT2D eigenvalue weighted by Gasteiger charge is -2.25. The van der Waals surface area contributed by atoms with E-state index in [1.54, 1.807) is 0 Å². The van der Waals surface area contributed by atoms with Gasteiger partial charge in [0.1, 0.15) is 0 Å². The molecule has 2 rings (SSSR count). The summed E-state index contributed by atoms with van der Waals surface area (Å²) in [4.78, 5) is 0. The number of nitrogens with one attached hydrogen (secondary N) is 1. The van der Waals surface area contributed by atoms with Crippen molar-refractivity contribution in [2.45, 2.75) is 32.7 Å². The van der Waals surface area contributed by atoms with Gasteiger partial charge in [-0.2, -0.15) is 0 Å². The van der Waals surface area contributed by atoms with Gasteiger partial charge in [0.25, 0.3) is 0 Å². The van der Waals surface area contributed by atoms with Crippen molar-refractivity contribution in [2.75, 3.05) is 19.8 Å². The van der Waals surface area contributed by atoms with E-state index >= 15 is 0 Å². The van der Waals surface area contributed by atoms with Crippen LogP contribution in [0.5, 0.6) is 0 Å². The molecule has 1 fully saturated rings. The molecular formula is C15H23NO. The number of aryl methyl sites for hydroxylation is 1. The average molecular weight is 233 g/mol. The van der Waals surface area contributed by atoms with Crippen molar-refractivity contribution in [3.05, 3.63) is 35.4 Å². The topological polar surface area (TPSA) is 21.3 Å². The molecule has 1 N–H and O–H groups in total. The van der Waals surface area contributed by atoms with E-state index in [1.807, 2.05) is 0 Å². The fourth-order valence-corrected chi connectivity index (χ4v) is 2.48. The van der Waals surface area contributed by atoms with Crippen LogP contribution in [-0.4, -0.2) is 19.8 Å². The Morgan fingerprint density at radius 2 is 2.00 bits per heavy atom. The predicted octanol–water partition coefficient (Wildman–Crippen LogP) is 3.07. The third-order valence-corrected chi connectivity index (χ3v) is 3.71. The number of rotatable bonds is 4. The summed E-state index contributed by atoms with van der Waals surface area (Å²) >= 11 is 0. The zero-order chi connectivity index (χ0) is 12.1. The van der Waals surface area contributed by atoms with E-state index < -0.39 is 0 Å². The maximum Gasteiger partial charge on any atom is 0.0469 e. The molecule has 1 aliphatic rings. The maximum absolute atomic E-state index is 5.38. The van der Waals surface area contributed by atoms with Crippen LogP contribution in [0.1, 0.15) is 36.9 Å². The Labute approximate surface area is 104 Å². The minimum absolute atomic E-state index is 0.444. The van der Waals surface area contributed by atoms with Crippen LogP contribution in [0, 0.1) is 12.8 Å². The van der Waals surface area contributed by atoms with Crippen LogP contribution in [0.3, 0.4) is 0 Å². The van der Waals surface area contributed by atoms with Crippen molar-refractivity contribution in [1.29, 1.82) is 0 Å². The molecule has 1 aromatic carbocycles. The molecule has 0 aliphatic carbocycles. The molecule has 0 amide bonds. The van der Waals surface area contributed by atoms with Crippen molar-refractivity contribution in [3.63, 3.8) is 0 Å². The fourth-order valence-electron chi connectivity index (χ4n) is 2.48. The van der Waals surface area contributed by atoms with Crippen LogP contribution in [0.25, 0.3) is 0 Å². The van der Waals surface area contributed by atoms with Crippen molar-refractivity contribution < 1.29 is 4.74 Å². The number of benzene rings is 1. The highest BCUT2D eigenvalue weighted by atomic mass is 16.5. The highest BCUT2D eigenvalue weighted by molar-refractivity contribution is 5.28. The minimum Gasteiger partial charge on any atom is -0.381 e. The first kappa shape index (κ1) is 12.6. The van der Waals surface area contributed by atoms with Gasteiger partial charge < -0.3 is 10.1 Å². The zero-order valence-corrected chi connectivity index (χ0v) is 10.9. The monoisotopic (exact) mass is 233 g/mol. The lowest BCUT2D eigenvalue weighted by Crippen LogP contribution is -2.29. The molecule has 1 atom stereocenters. The zero-order valence-electron chi connectivity index (χ0n) is 10.9. The molecule has 1 aromatic rings. The summed E-state index contributed by atoms with van der Waals surface area (Å²) in [6.07, 6.45) is 2.40. The predicted molar refractivity (Wildman–Crippen MR) is 71.1 cm³/mol. The molecule has 1 aliphatic heterocycles. The van der Waals surface area contributed by atoms with Crippen LogP contribution in [0.4, 0.5) is 0 Å². The van der Waals surface area contributed by atoms with Crippen LogP contribution >= 0.6 is 0 Å². The molecule has 2 heteroatoms. The molecule has 0 spiro atoms. The molecule has 0 bridgehead atoms. The van der Waals surface area contributed by atoms with Gasteiger partial charge in [0.15, 0.2) is 0 Å². The van der Waals surface area contributed by atoms with Crippen molar-refractivity contribution >= 4 is 0 Å². The Bertz CT molecular complexity index is 345. The van der Waals surface area contributed by atoms with Gasteiger partial charge in [0.05, 0.1) is 0 Å². The minimum atomic E-state index is 0.444. The molecule has 17 heavy (non-hydrogen) atoms. The van der Waals surface area contributed by atoms with Gasteiger partial charge in [0.2, 0.25) is 0 Å². The van der Waals surface area contributed by atoms with Gasteiger partial charge in [0, 0.05) is 19.3 Å². The van der Waals surface area contributed by atoms with E-state index in [-0.39, 0.29) is 0 Å². The van der Waals surface area contributed by atoms with Crippen molar-refractivity contribution in [3.8, 4) is 0 Å².